The van der Waals surface area contributed by atoms with Crippen molar-refractivity contribution in [3.8, 4) is 11.5 Å². The monoisotopic (exact) mass is 595 g/mol. The summed E-state index contributed by atoms with van der Waals surface area (Å²) in [5.41, 5.74) is 2.57. The predicted octanol–water partition coefficient (Wildman–Crippen LogP) is 7.03. The van der Waals surface area contributed by atoms with Crippen LogP contribution in [0.5, 0.6) is 11.5 Å². The van der Waals surface area contributed by atoms with Gasteiger partial charge in [-0.15, -0.1) is 0 Å². The molecular formula is C28H19ClINO4. The molecule has 0 amide bonds. The number of carbonyl (C=O) groups excluding carboxylic acids is 1. The number of halogens is 2. The zero-order chi connectivity index (χ0) is 24.4. The van der Waals surface area contributed by atoms with Crippen LogP contribution in [0.15, 0.2) is 89.6 Å². The fourth-order valence-electron chi connectivity index (χ4n) is 3.71. The van der Waals surface area contributed by atoms with E-state index in [1.54, 1.807) is 25.3 Å². The van der Waals surface area contributed by atoms with E-state index in [1.807, 2.05) is 66.7 Å². The first-order valence-corrected chi connectivity index (χ1v) is 12.2. The Bertz CT molecular complexity index is 1500. The highest BCUT2D eigenvalue weighted by Crippen LogP contribution is 2.38. The Balaban J connectivity index is 1.40. The van der Waals surface area contributed by atoms with E-state index in [2.05, 4.69) is 27.6 Å². The first kappa shape index (κ1) is 23.4. The Labute approximate surface area is 221 Å². The third-order valence-electron chi connectivity index (χ3n) is 5.47. The van der Waals surface area contributed by atoms with Gasteiger partial charge in [0.25, 0.3) is 0 Å². The van der Waals surface area contributed by atoms with Crippen LogP contribution in [0.2, 0.25) is 5.02 Å². The van der Waals surface area contributed by atoms with Gasteiger partial charge in [-0.25, -0.2) is 9.79 Å². The average molecular weight is 596 g/mol. The lowest BCUT2D eigenvalue weighted by Gasteiger charge is -2.13. The summed E-state index contributed by atoms with van der Waals surface area (Å²) in [6.07, 6.45) is 1.62. The Morgan fingerprint density at radius 2 is 1.77 bits per heavy atom. The van der Waals surface area contributed by atoms with E-state index in [0.29, 0.717) is 28.7 Å². The van der Waals surface area contributed by atoms with Crippen molar-refractivity contribution in [1.82, 2.24) is 0 Å². The van der Waals surface area contributed by atoms with Gasteiger partial charge in [0.1, 0.15) is 6.61 Å². The normalized spacial score (nSPS) is 14.2. The van der Waals surface area contributed by atoms with E-state index in [0.717, 1.165) is 25.5 Å². The fraction of sp³-hybridized carbons (Fsp3) is 0.0714. The molecule has 5 rings (SSSR count). The van der Waals surface area contributed by atoms with Gasteiger partial charge in [-0.3, -0.25) is 0 Å². The lowest BCUT2D eigenvalue weighted by molar-refractivity contribution is -0.129. The van der Waals surface area contributed by atoms with Gasteiger partial charge in [0.15, 0.2) is 17.2 Å². The summed E-state index contributed by atoms with van der Waals surface area (Å²) in [6.45, 7) is 0.346. The van der Waals surface area contributed by atoms with Gasteiger partial charge in [0.2, 0.25) is 5.90 Å². The Kier molecular flexibility index (Phi) is 6.74. The molecule has 1 aliphatic rings. The molecule has 0 saturated heterocycles. The third kappa shape index (κ3) is 5.18. The van der Waals surface area contributed by atoms with Crippen molar-refractivity contribution < 1.29 is 19.0 Å². The van der Waals surface area contributed by atoms with Crippen LogP contribution < -0.4 is 9.47 Å². The molecule has 0 atom stereocenters. The van der Waals surface area contributed by atoms with Crippen molar-refractivity contribution in [2.24, 2.45) is 4.99 Å². The minimum absolute atomic E-state index is 0.179. The fourth-order valence-corrected chi connectivity index (χ4v) is 4.35. The average Bonchev–Trinajstić information content (AvgIpc) is 3.23. The summed E-state index contributed by atoms with van der Waals surface area (Å²) in [5, 5.41) is 2.51. The van der Waals surface area contributed by atoms with Crippen LogP contribution in [0.1, 0.15) is 16.7 Å². The zero-order valence-electron chi connectivity index (χ0n) is 18.6. The summed E-state index contributed by atoms with van der Waals surface area (Å²) >= 11 is 8.78. The number of nitrogens with zero attached hydrogens (tertiary/aromatic N) is 1. The molecular weight excluding hydrogens is 577 g/mol. The van der Waals surface area contributed by atoms with E-state index in [-0.39, 0.29) is 11.6 Å². The lowest BCUT2D eigenvalue weighted by atomic mass is 10.1. The van der Waals surface area contributed by atoms with Crippen LogP contribution in [0.4, 0.5) is 0 Å². The van der Waals surface area contributed by atoms with Crippen LogP contribution in [-0.4, -0.2) is 19.0 Å². The quantitative estimate of drug-likeness (QED) is 0.136. The molecule has 0 N–H and O–H groups in total. The number of hydrogen-bond acceptors (Lipinski definition) is 5. The zero-order valence-corrected chi connectivity index (χ0v) is 21.5. The largest absolute Gasteiger partial charge is 0.493 e. The smallest absolute Gasteiger partial charge is 0.363 e. The first-order chi connectivity index (χ1) is 17.0. The van der Waals surface area contributed by atoms with E-state index >= 15 is 0 Å². The molecule has 1 aliphatic heterocycles. The molecule has 0 spiro atoms. The number of hydrogen-bond donors (Lipinski definition) is 0. The summed E-state index contributed by atoms with van der Waals surface area (Å²) in [7, 11) is 1.54. The summed E-state index contributed by atoms with van der Waals surface area (Å²) in [6, 6.07) is 25.3. The van der Waals surface area contributed by atoms with Gasteiger partial charge < -0.3 is 14.2 Å². The first-order valence-electron chi connectivity index (χ1n) is 10.8. The molecule has 5 nitrogen and oxygen atoms in total. The number of benzene rings is 4. The maximum atomic E-state index is 12.5. The number of fused-ring (bicyclic) bond motifs is 1. The molecule has 7 heteroatoms. The van der Waals surface area contributed by atoms with E-state index in [1.165, 1.54) is 0 Å². The second-order valence-corrected chi connectivity index (χ2v) is 9.50. The van der Waals surface area contributed by atoms with Crippen LogP contribution >= 0.6 is 34.2 Å². The third-order valence-corrected chi connectivity index (χ3v) is 6.47. The second kappa shape index (κ2) is 10.1. The van der Waals surface area contributed by atoms with Crippen LogP contribution in [0, 0.1) is 3.57 Å². The van der Waals surface area contributed by atoms with Gasteiger partial charge in [-0.05, 0) is 87.0 Å². The lowest BCUT2D eigenvalue weighted by Crippen LogP contribution is -2.05. The van der Waals surface area contributed by atoms with Crippen LogP contribution in [0.25, 0.3) is 16.8 Å². The molecule has 35 heavy (non-hydrogen) atoms. The molecule has 0 radical (unpaired) electrons. The van der Waals surface area contributed by atoms with Gasteiger partial charge in [0, 0.05) is 9.13 Å². The van der Waals surface area contributed by atoms with Crippen molar-refractivity contribution in [1.29, 1.82) is 0 Å². The minimum Gasteiger partial charge on any atom is -0.493 e. The predicted molar refractivity (Wildman–Crippen MR) is 146 cm³/mol. The highest BCUT2D eigenvalue weighted by Gasteiger charge is 2.25. The Morgan fingerprint density at radius 3 is 2.54 bits per heavy atom. The maximum Gasteiger partial charge on any atom is 0.363 e. The van der Waals surface area contributed by atoms with Crippen molar-refractivity contribution in [2.75, 3.05) is 7.11 Å². The van der Waals surface area contributed by atoms with Crippen molar-refractivity contribution in [3.05, 3.63) is 110 Å². The minimum atomic E-state index is -0.526. The highest BCUT2D eigenvalue weighted by molar-refractivity contribution is 14.1. The number of aliphatic imine (C=N–C) groups is 1. The molecule has 1 heterocycles. The molecule has 0 aromatic heterocycles. The molecule has 4 aromatic rings. The van der Waals surface area contributed by atoms with Crippen molar-refractivity contribution in [2.45, 2.75) is 6.61 Å². The standard InChI is InChI=1S/C28H19ClINO4/c1-33-25-14-18(12-23(29)26(25)34-16-17-6-10-22(30)11-7-17)13-24-28(32)35-27(31-24)21-9-8-19-4-2-3-5-20(19)15-21/h2-15H,16H2,1H3/b24-13-. The Hall–Kier alpha value is -3.36. The van der Waals surface area contributed by atoms with E-state index < -0.39 is 5.97 Å². The van der Waals surface area contributed by atoms with Crippen LogP contribution in [0.3, 0.4) is 0 Å². The van der Waals surface area contributed by atoms with Crippen LogP contribution in [-0.2, 0) is 16.1 Å². The molecule has 174 valence electrons. The number of methoxy groups -OCH3 is 1. The summed E-state index contributed by atoms with van der Waals surface area (Å²) in [4.78, 5) is 16.9. The molecule has 0 aliphatic carbocycles. The highest BCUT2D eigenvalue weighted by atomic mass is 127. The second-order valence-electron chi connectivity index (χ2n) is 7.85. The number of rotatable bonds is 6. The molecule has 0 saturated carbocycles. The van der Waals surface area contributed by atoms with E-state index in [4.69, 9.17) is 25.8 Å². The molecule has 0 bridgehead atoms. The molecule has 0 unspecified atom stereocenters. The van der Waals surface area contributed by atoms with Gasteiger partial charge in [-0.1, -0.05) is 54.1 Å². The van der Waals surface area contributed by atoms with Crippen molar-refractivity contribution >= 4 is 62.9 Å². The topological polar surface area (TPSA) is 57.1 Å². The molecule has 0 fully saturated rings. The maximum absolute atomic E-state index is 12.5. The SMILES string of the molecule is COc1cc(/C=C2\N=C(c3ccc4ccccc4c3)OC2=O)cc(Cl)c1OCc1ccc(I)cc1. The number of cyclic esters (lactones) is 1. The van der Waals surface area contributed by atoms with Gasteiger partial charge in [0.05, 0.1) is 12.1 Å². The Morgan fingerprint density at radius 1 is 1.00 bits per heavy atom. The number of esters is 1. The van der Waals surface area contributed by atoms with E-state index in [9.17, 15) is 4.79 Å². The summed E-state index contributed by atoms with van der Waals surface area (Å²) < 4.78 is 18.0. The van der Waals surface area contributed by atoms with Crippen molar-refractivity contribution in [3.63, 3.8) is 0 Å². The number of ether oxygens (including phenoxy) is 3. The number of carbonyl (C=O) groups is 1. The summed E-state index contributed by atoms with van der Waals surface area (Å²) in [5.74, 6) is 0.633. The van der Waals surface area contributed by atoms with Gasteiger partial charge >= 0.3 is 5.97 Å². The van der Waals surface area contributed by atoms with Gasteiger partial charge in [-0.2, -0.15) is 0 Å². The molecule has 4 aromatic carbocycles.